The van der Waals surface area contributed by atoms with Crippen molar-refractivity contribution in [2.24, 2.45) is 0 Å². The second kappa shape index (κ2) is 7.10. The Bertz CT molecular complexity index is 1550. The van der Waals surface area contributed by atoms with Gasteiger partial charge in [0, 0.05) is 50.0 Å². The third kappa shape index (κ3) is 3.07. The Balaban J connectivity index is 1.75. The van der Waals surface area contributed by atoms with E-state index in [1.54, 1.807) is 35.1 Å². The molecule has 0 N–H and O–H groups in total. The molecule has 0 radical (unpaired) electrons. The van der Waals surface area contributed by atoms with Crippen LogP contribution in [0.15, 0.2) is 74.6 Å². The molecule has 0 saturated heterocycles. The molecule has 0 atom stereocenters. The molecule has 6 nitrogen and oxygen atoms in total. The maximum Gasteiger partial charge on any atom is 0.354 e. The van der Waals surface area contributed by atoms with Gasteiger partial charge in [-0.25, -0.2) is 14.3 Å². The monoisotopic (exact) mass is 476 g/mol. The lowest BCUT2D eigenvalue weighted by Gasteiger charge is -2.08. The van der Waals surface area contributed by atoms with Gasteiger partial charge in [0.2, 0.25) is 0 Å². The molecule has 0 amide bonds. The molecule has 0 saturated carbocycles. The smallest absolute Gasteiger partial charge is 0.354 e. The van der Waals surface area contributed by atoms with Crippen LogP contribution in [0.25, 0.3) is 39.0 Å². The number of benzene rings is 2. The quantitative estimate of drug-likeness (QED) is 0.315. The topological polar surface area (TPSA) is 84.2 Å². The van der Waals surface area contributed by atoms with Gasteiger partial charge in [0.15, 0.2) is 5.65 Å². The second-order valence-electron chi connectivity index (χ2n) is 6.57. The maximum atomic E-state index is 12.4. The molecule has 5 aromatic rings. The van der Waals surface area contributed by atoms with Crippen LogP contribution in [0, 0.1) is 11.3 Å². The summed E-state index contributed by atoms with van der Waals surface area (Å²) in [5.41, 5.74) is 2.85. The first-order valence-electron chi connectivity index (χ1n) is 8.82. The Morgan fingerprint density at radius 2 is 1.90 bits per heavy atom. The van der Waals surface area contributed by atoms with Gasteiger partial charge in [-0.05, 0) is 30.3 Å². The first-order chi connectivity index (χ1) is 14.5. The molecule has 30 heavy (non-hydrogen) atoms. The lowest BCUT2D eigenvalue weighted by molar-refractivity contribution is 0.559. The summed E-state index contributed by atoms with van der Waals surface area (Å²) >= 11 is 9.58. The van der Waals surface area contributed by atoms with Crippen molar-refractivity contribution in [3.63, 3.8) is 0 Å². The highest BCUT2D eigenvalue weighted by atomic mass is 79.9. The minimum Gasteiger partial charge on any atom is -0.422 e. The van der Waals surface area contributed by atoms with E-state index in [0.29, 0.717) is 32.8 Å². The number of nitrogens with zero attached hydrogens (tertiary/aromatic N) is 4. The number of halogens is 2. The van der Waals surface area contributed by atoms with Crippen molar-refractivity contribution in [2.75, 3.05) is 0 Å². The summed E-state index contributed by atoms with van der Waals surface area (Å²) < 4.78 is 7.88. The molecule has 3 heterocycles. The molecule has 144 valence electrons. The van der Waals surface area contributed by atoms with Gasteiger partial charge in [-0.1, -0.05) is 39.7 Å². The van der Waals surface area contributed by atoms with E-state index in [9.17, 15) is 10.1 Å². The van der Waals surface area contributed by atoms with Crippen molar-refractivity contribution in [3.8, 4) is 28.5 Å². The van der Waals surface area contributed by atoms with E-state index in [2.05, 4.69) is 26.0 Å². The summed E-state index contributed by atoms with van der Waals surface area (Å²) in [5.74, 6) is 0. The van der Waals surface area contributed by atoms with Crippen LogP contribution in [0.3, 0.4) is 0 Å². The molecular weight excluding hydrogens is 468 g/mol. The molecule has 0 aliphatic heterocycles. The summed E-state index contributed by atoms with van der Waals surface area (Å²) in [7, 11) is 0. The van der Waals surface area contributed by atoms with Crippen LogP contribution in [0.2, 0.25) is 5.02 Å². The maximum absolute atomic E-state index is 12.4. The highest BCUT2D eigenvalue weighted by molar-refractivity contribution is 9.10. The summed E-state index contributed by atoms with van der Waals surface area (Å²) in [4.78, 5) is 16.8. The SMILES string of the molecule is N#Cc1c(-c2cnc3cc(-c4ccc(Br)cc4)nn3c2)c2cc(Cl)ccc2oc1=O. The number of nitriles is 1. The summed E-state index contributed by atoms with van der Waals surface area (Å²) in [5, 5.41) is 15.2. The van der Waals surface area contributed by atoms with Crippen LogP contribution < -0.4 is 5.63 Å². The third-order valence-electron chi connectivity index (χ3n) is 4.72. The number of aromatic nitrogens is 3. The zero-order chi connectivity index (χ0) is 20.8. The molecule has 0 bridgehead atoms. The number of hydrogen-bond donors (Lipinski definition) is 0. The third-order valence-corrected chi connectivity index (χ3v) is 5.49. The van der Waals surface area contributed by atoms with Crippen molar-refractivity contribution in [2.45, 2.75) is 0 Å². The molecule has 2 aromatic carbocycles. The van der Waals surface area contributed by atoms with Gasteiger partial charge in [-0.3, -0.25) is 0 Å². The van der Waals surface area contributed by atoms with Gasteiger partial charge < -0.3 is 4.42 Å². The van der Waals surface area contributed by atoms with E-state index in [1.165, 1.54) is 0 Å². The Labute approximate surface area is 183 Å². The van der Waals surface area contributed by atoms with Crippen molar-refractivity contribution < 1.29 is 4.42 Å². The summed E-state index contributed by atoms with van der Waals surface area (Å²) in [6, 6.07) is 16.5. The standard InChI is InChI=1S/C22H10BrClN4O2/c23-14-3-1-12(2-4-14)18-8-20-26-10-13(11-28(20)27-18)21-16-7-15(24)5-6-19(16)30-22(29)17(21)9-25/h1-8,10-11H. The molecule has 3 aromatic heterocycles. The van der Waals surface area contributed by atoms with Gasteiger partial charge in [-0.15, -0.1) is 0 Å². The fourth-order valence-electron chi connectivity index (χ4n) is 3.34. The average Bonchev–Trinajstić information content (AvgIpc) is 3.17. The zero-order valence-electron chi connectivity index (χ0n) is 15.1. The molecule has 8 heteroatoms. The minimum absolute atomic E-state index is 0.105. The molecule has 0 aliphatic rings. The number of fused-ring (bicyclic) bond motifs is 2. The van der Waals surface area contributed by atoms with Gasteiger partial charge >= 0.3 is 5.63 Å². The van der Waals surface area contributed by atoms with Crippen molar-refractivity contribution in [1.29, 1.82) is 5.26 Å². The first-order valence-corrected chi connectivity index (χ1v) is 9.99. The molecule has 0 aliphatic carbocycles. The predicted octanol–water partition coefficient (Wildman–Crippen LogP) is 5.46. The van der Waals surface area contributed by atoms with Crippen LogP contribution >= 0.6 is 27.5 Å². The normalized spacial score (nSPS) is 11.1. The van der Waals surface area contributed by atoms with Crippen LogP contribution in [0.1, 0.15) is 5.56 Å². The molecule has 5 rings (SSSR count). The van der Waals surface area contributed by atoms with Crippen molar-refractivity contribution in [1.82, 2.24) is 14.6 Å². The molecule has 0 fully saturated rings. The van der Waals surface area contributed by atoms with Crippen LogP contribution in [0.5, 0.6) is 0 Å². The summed E-state index contributed by atoms with van der Waals surface area (Å²) in [6.07, 6.45) is 3.35. The van der Waals surface area contributed by atoms with E-state index in [0.717, 1.165) is 15.7 Å². The number of hydrogen-bond acceptors (Lipinski definition) is 5. The Hall–Kier alpha value is -3.47. The Morgan fingerprint density at radius 3 is 2.67 bits per heavy atom. The molecule has 0 spiro atoms. The number of rotatable bonds is 2. The van der Waals surface area contributed by atoms with Crippen LogP contribution in [-0.4, -0.2) is 14.6 Å². The van der Waals surface area contributed by atoms with E-state index in [-0.39, 0.29) is 5.56 Å². The predicted molar refractivity (Wildman–Crippen MR) is 117 cm³/mol. The average molecular weight is 478 g/mol. The minimum atomic E-state index is -0.710. The van der Waals surface area contributed by atoms with E-state index in [1.807, 2.05) is 36.4 Å². The second-order valence-corrected chi connectivity index (χ2v) is 7.93. The van der Waals surface area contributed by atoms with E-state index in [4.69, 9.17) is 16.0 Å². The van der Waals surface area contributed by atoms with Gasteiger partial charge in [0.1, 0.15) is 17.2 Å². The van der Waals surface area contributed by atoms with Crippen LogP contribution in [0.4, 0.5) is 0 Å². The Morgan fingerprint density at radius 1 is 1.10 bits per heavy atom. The fourth-order valence-corrected chi connectivity index (χ4v) is 3.78. The van der Waals surface area contributed by atoms with E-state index >= 15 is 0 Å². The largest absolute Gasteiger partial charge is 0.422 e. The lowest BCUT2D eigenvalue weighted by Crippen LogP contribution is -2.07. The van der Waals surface area contributed by atoms with Crippen LogP contribution in [-0.2, 0) is 0 Å². The Kier molecular flexibility index (Phi) is 4.39. The first kappa shape index (κ1) is 18.6. The van der Waals surface area contributed by atoms with E-state index < -0.39 is 5.63 Å². The zero-order valence-corrected chi connectivity index (χ0v) is 17.5. The molecule has 0 unspecified atom stereocenters. The van der Waals surface area contributed by atoms with Gasteiger partial charge in [0.05, 0.1) is 5.69 Å². The highest BCUT2D eigenvalue weighted by Crippen LogP contribution is 2.32. The molecular formula is C22H10BrClN4O2. The van der Waals surface area contributed by atoms with Crippen molar-refractivity contribution >= 4 is 44.1 Å². The van der Waals surface area contributed by atoms with Crippen molar-refractivity contribution in [3.05, 3.63) is 86.4 Å². The van der Waals surface area contributed by atoms with Gasteiger partial charge in [-0.2, -0.15) is 10.4 Å². The lowest BCUT2D eigenvalue weighted by atomic mass is 10.00. The fraction of sp³-hybridized carbons (Fsp3) is 0. The van der Waals surface area contributed by atoms with Gasteiger partial charge in [0.25, 0.3) is 0 Å². The summed E-state index contributed by atoms with van der Waals surface area (Å²) in [6.45, 7) is 0. The highest BCUT2D eigenvalue weighted by Gasteiger charge is 2.18.